The maximum Gasteiger partial charge on any atom is 0.143 e. The van der Waals surface area contributed by atoms with Crippen molar-refractivity contribution in [1.82, 2.24) is 20.2 Å². The summed E-state index contributed by atoms with van der Waals surface area (Å²) in [5, 5.41) is 23.3. The Morgan fingerprint density at radius 1 is 1.00 bits per heavy atom. The van der Waals surface area contributed by atoms with Crippen molar-refractivity contribution in [2.24, 2.45) is 4.99 Å². The normalized spacial score (nSPS) is 11.3. The summed E-state index contributed by atoms with van der Waals surface area (Å²) >= 11 is 0. The summed E-state index contributed by atoms with van der Waals surface area (Å²) in [6.07, 6.45) is 3.20. The number of tetrazole rings is 1. The van der Waals surface area contributed by atoms with Crippen LogP contribution in [-0.4, -0.2) is 31.5 Å². The molecule has 4 aromatic rings. The van der Waals surface area contributed by atoms with Crippen LogP contribution in [0.15, 0.2) is 72.0 Å². The van der Waals surface area contributed by atoms with E-state index in [9.17, 15) is 5.11 Å². The van der Waals surface area contributed by atoms with Crippen LogP contribution in [0.5, 0.6) is 5.75 Å². The third-order valence-electron chi connectivity index (χ3n) is 3.73. The standard InChI is InChI=1S/C18H13N5O/c24-18-9-8-13-4-1-2-7-16(13)17(18)11-19-14-5-3-6-15(10-14)23-12-20-21-22-23/h1-12,24H. The second-order valence-electron chi connectivity index (χ2n) is 5.25. The second kappa shape index (κ2) is 5.92. The summed E-state index contributed by atoms with van der Waals surface area (Å²) in [6, 6.07) is 19.0. The zero-order valence-electron chi connectivity index (χ0n) is 12.6. The summed E-state index contributed by atoms with van der Waals surface area (Å²) in [5.74, 6) is 0.203. The lowest BCUT2D eigenvalue weighted by Gasteiger charge is -2.05. The maximum absolute atomic E-state index is 10.2. The third-order valence-corrected chi connectivity index (χ3v) is 3.73. The summed E-state index contributed by atoms with van der Waals surface area (Å²) < 4.78 is 1.56. The van der Waals surface area contributed by atoms with Crippen molar-refractivity contribution in [3.63, 3.8) is 0 Å². The maximum atomic E-state index is 10.2. The van der Waals surface area contributed by atoms with E-state index in [0.717, 1.165) is 22.1 Å². The first-order valence-corrected chi connectivity index (χ1v) is 7.39. The molecule has 0 fully saturated rings. The predicted molar refractivity (Wildman–Crippen MR) is 92.0 cm³/mol. The number of rotatable bonds is 3. The van der Waals surface area contributed by atoms with Crippen molar-refractivity contribution < 1.29 is 5.11 Å². The van der Waals surface area contributed by atoms with Crippen LogP contribution in [0.2, 0.25) is 0 Å². The number of nitrogens with zero attached hydrogens (tertiary/aromatic N) is 5. The zero-order chi connectivity index (χ0) is 16.4. The average molecular weight is 315 g/mol. The fourth-order valence-electron chi connectivity index (χ4n) is 2.55. The number of fused-ring (bicyclic) bond motifs is 1. The molecule has 0 radical (unpaired) electrons. The molecule has 0 aliphatic rings. The van der Waals surface area contributed by atoms with Gasteiger partial charge in [-0.1, -0.05) is 36.4 Å². The average Bonchev–Trinajstić information content (AvgIpc) is 3.16. The number of phenols is 1. The molecule has 0 saturated carbocycles. The molecule has 0 spiro atoms. The Morgan fingerprint density at radius 2 is 1.92 bits per heavy atom. The Balaban J connectivity index is 1.74. The van der Waals surface area contributed by atoms with Crippen molar-refractivity contribution >= 4 is 22.7 Å². The minimum Gasteiger partial charge on any atom is -0.507 e. The molecule has 0 bridgehead atoms. The van der Waals surface area contributed by atoms with E-state index in [2.05, 4.69) is 20.5 Å². The third kappa shape index (κ3) is 2.61. The smallest absolute Gasteiger partial charge is 0.143 e. The Hall–Kier alpha value is -3.54. The Labute approximate surface area is 137 Å². The quantitative estimate of drug-likeness (QED) is 0.589. The van der Waals surface area contributed by atoms with Gasteiger partial charge in [0.05, 0.1) is 11.4 Å². The van der Waals surface area contributed by atoms with Gasteiger partial charge in [-0.05, 0) is 45.5 Å². The second-order valence-corrected chi connectivity index (χ2v) is 5.25. The van der Waals surface area contributed by atoms with Crippen LogP contribution in [0.4, 0.5) is 5.69 Å². The van der Waals surface area contributed by atoms with Crippen LogP contribution in [0, 0.1) is 0 Å². The van der Waals surface area contributed by atoms with E-state index in [-0.39, 0.29) is 5.75 Å². The van der Waals surface area contributed by atoms with Crippen LogP contribution in [0.3, 0.4) is 0 Å². The van der Waals surface area contributed by atoms with Gasteiger partial charge >= 0.3 is 0 Å². The minimum atomic E-state index is 0.203. The monoisotopic (exact) mass is 315 g/mol. The molecule has 0 aliphatic carbocycles. The van der Waals surface area contributed by atoms with Crippen molar-refractivity contribution in [3.8, 4) is 11.4 Å². The molecule has 1 N–H and O–H groups in total. The summed E-state index contributed by atoms with van der Waals surface area (Å²) in [6.45, 7) is 0. The van der Waals surface area contributed by atoms with E-state index in [0.29, 0.717) is 5.56 Å². The predicted octanol–water partition coefficient (Wildman–Crippen LogP) is 3.27. The molecular formula is C18H13N5O. The number of aromatic nitrogens is 4. The van der Waals surface area contributed by atoms with Crippen LogP contribution in [-0.2, 0) is 0 Å². The number of hydrogen-bond acceptors (Lipinski definition) is 5. The van der Waals surface area contributed by atoms with Gasteiger partial charge in [-0.15, -0.1) is 5.10 Å². The highest BCUT2D eigenvalue weighted by Crippen LogP contribution is 2.26. The molecule has 0 saturated heterocycles. The number of aromatic hydroxyl groups is 1. The van der Waals surface area contributed by atoms with Crippen molar-refractivity contribution in [3.05, 3.63) is 72.6 Å². The molecule has 24 heavy (non-hydrogen) atoms. The van der Waals surface area contributed by atoms with Gasteiger partial charge in [0.1, 0.15) is 12.1 Å². The molecule has 1 heterocycles. The van der Waals surface area contributed by atoms with E-state index >= 15 is 0 Å². The molecule has 4 rings (SSSR count). The van der Waals surface area contributed by atoms with Crippen molar-refractivity contribution in [2.75, 3.05) is 0 Å². The Bertz CT molecular complexity index is 1020. The van der Waals surface area contributed by atoms with Gasteiger partial charge in [-0.25, -0.2) is 4.68 Å². The van der Waals surface area contributed by atoms with Gasteiger partial charge in [0.25, 0.3) is 0 Å². The molecule has 0 atom stereocenters. The van der Waals surface area contributed by atoms with E-state index in [1.54, 1.807) is 17.0 Å². The number of benzene rings is 3. The van der Waals surface area contributed by atoms with E-state index in [1.807, 2.05) is 54.6 Å². The number of hydrogen-bond donors (Lipinski definition) is 1. The molecule has 0 amide bonds. The lowest BCUT2D eigenvalue weighted by atomic mass is 10.0. The first-order chi connectivity index (χ1) is 11.8. The summed E-state index contributed by atoms with van der Waals surface area (Å²) in [5.41, 5.74) is 2.26. The fraction of sp³-hybridized carbons (Fsp3) is 0. The number of aliphatic imine (C=N–C) groups is 1. The Morgan fingerprint density at radius 3 is 2.79 bits per heavy atom. The molecular weight excluding hydrogens is 302 g/mol. The Kier molecular flexibility index (Phi) is 3.47. The van der Waals surface area contributed by atoms with Gasteiger partial charge < -0.3 is 5.11 Å². The fourth-order valence-corrected chi connectivity index (χ4v) is 2.55. The van der Waals surface area contributed by atoms with E-state index in [1.165, 1.54) is 6.33 Å². The van der Waals surface area contributed by atoms with Gasteiger partial charge in [-0.3, -0.25) is 4.99 Å². The van der Waals surface area contributed by atoms with Crippen molar-refractivity contribution in [2.45, 2.75) is 0 Å². The van der Waals surface area contributed by atoms with Gasteiger partial charge in [0.2, 0.25) is 0 Å². The van der Waals surface area contributed by atoms with Crippen LogP contribution in [0.25, 0.3) is 16.5 Å². The first kappa shape index (κ1) is 14.1. The minimum absolute atomic E-state index is 0.203. The number of phenolic OH excluding ortho intramolecular Hbond substituents is 1. The van der Waals surface area contributed by atoms with Gasteiger partial charge in [-0.2, -0.15) is 0 Å². The van der Waals surface area contributed by atoms with E-state index < -0.39 is 0 Å². The molecule has 1 aromatic heterocycles. The SMILES string of the molecule is Oc1ccc2ccccc2c1C=Nc1cccc(-n2cnnn2)c1. The highest BCUT2D eigenvalue weighted by Gasteiger charge is 2.04. The lowest BCUT2D eigenvalue weighted by Crippen LogP contribution is -1.94. The van der Waals surface area contributed by atoms with Gasteiger partial charge in [0.15, 0.2) is 0 Å². The molecule has 0 unspecified atom stereocenters. The molecule has 3 aromatic carbocycles. The lowest BCUT2D eigenvalue weighted by molar-refractivity contribution is 0.475. The molecule has 0 aliphatic heterocycles. The van der Waals surface area contributed by atoms with E-state index in [4.69, 9.17) is 0 Å². The first-order valence-electron chi connectivity index (χ1n) is 7.39. The largest absolute Gasteiger partial charge is 0.507 e. The molecule has 116 valence electrons. The zero-order valence-corrected chi connectivity index (χ0v) is 12.6. The van der Waals surface area contributed by atoms with Crippen LogP contribution in [0.1, 0.15) is 5.56 Å². The molecule has 6 nitrogen and oxygen atoms in total. The summed E-state index contributed by atoms with van der Waals surface area (Å²) in [7, 11) is 0. The van der Waals surface area contributed by atoms with Crippen molar-refractivity contribution in [1.29, 1.82) is 0 Å². The topological polar surface area (TPSA) is 76.2 Å². The van der Waals surface area contributed by atoms with Crippen LogP contribution >= 0.6 is 0 Å². The highest BCUT2D eigenvalue weighted by molar-refractivity contribution is 6.02. The summed E-state index contributed by atoms with van der Waals surface area (Å²) in [4.78, 5) is 4.49. The van der Waals surface area contributed by atoms with Crippen LogP contribution < -0.4 is 0 Å². The highest BCUT2D eigenvalue weighted by atomic mass is 16.3. The van der Waals surface area contributed by atoms with Gasteiger partial charge in [0, 0.05) is 11.8 Å². The molecule has 6 heteroatoms.